The molecule has 0 bridgehead atoms. The first kappa shape index (κ1) is 17.9. The highest BCUT2D eigenvalue weighted by atomic mass is 35.5. The molecule has 0 heterocycles. The van der Waals surface area contributed by atoms with Gasteiger partial charge in [-0.3, -0.25) is 14.9 Å². The first-order chi connectivity index (χ1) is 10.2. The van der Waals surface area contributed by atoms with Crippen molar-refractivity contribution >= 4 is 29.5 Å². The maximum atomic E-state index is 13.6. The first-order valence-corrected chi connectivity index (χ1v) is 6.82. The molecule has 0 fully saturated rings. The Kier molecular flexibility index (Phi) is 6.30. The molecule has 8 heteroatoms. The highest BCUT2D eigenvalue weighted by molar-refractivity contribution is 6.31. The van der Waals surface area contributed by atoms with Gasteiger partial charge in [-0.2, -0.15) is 0 Å². The molecule has 3 amide bonds. The SMILES string of the molecule is CC(C)[C@@H](OC(=O)Cc1c(F)cccc1Cl)C(=O)NC(N)=O. The Balaban J connectivity index is 2.80. The standard InChI is InChI=1S/C14H16ClFN2O4/c1-7(2)12(13(20)18-14(17)21)22-11(19)6-8-9(15)4-3-5-10(8)16/h3-5,7,12H,6H2,1-2H3,(H3,17,18,20,21)/t12-/m1/s1. The molecular weight excluding hydrogens is 315 g/mol. The lowest BCUT2D eigenvalue weighted by atomic mass is 10.1. The number of hydrogen-bond acceptors (Lipinski definition) is 4. The summed E-state index contributed by atoms with van der Waals surface area (Å²) >= 11 is 5.82. The number of carbonyl (C=O) groups is 3. The van der Waals surface area contributed by atoms with E-state index in [0.29, 0.717) is 0 Å². The topological polar surface area (TPSA) is 98.5 Å². The molecular formula is C14H16ClFN2O4. The van der Waals surface area contributed by atoms with E-state index in [0.717, 1.165) is 6.07 Å². The quantitative estimate of drug-likeness (QED) is 0.804. The van der Waals surface area contributed by atoms with Gasteiger partial charge in [0.2, 0.25) is 0 Å². The molecule has 3 N–H and O–H groups in total. The maximum absolute atomic E-state index is 13.6. The Labute approximate surface area is 131 Å². The van der Waals surface area contributed by atoms with Crippen molar-refractivity contribution in [3.05, 3.63) is 34.6 Å². The Morgan fingerprint density at radius 1 is 1.36 bits per heavy atom. The van der Waals surface area contributed by atoms with Gasteiger partial charge in [0, 0.05) is 10.6 Å². The van der Waals surface area contributed by atoms with Crippen LogP contribution in [0, 0.1) is 11.7 Å². The lowest BCUT2D eigenvalue weighted by molar-refractivity contribution is -0.157. The zero-order chi connectivity index (χ0) is 16.9. The van der Waals surface area contributed by atoms with Crippen LogP contribution in [-0.4, -0.2) is 24.0 Å². The number of rotatable bonds is 5. The molecule has 0 spiro atoms. The average molecular weight is 331 g/mol. The number of imide groups is 1. The van der Waals surface area contributed by atoms with Crippen molar-refractivity contribution in [3.8, 4) is 0 Å². The monoisotopic (exact) mass is 330 g/mol. The normalized spacial score (nSPS) is 11.9. The lowest BCUT2D eigenvalue weighted by Crippen LogP contribution is -2.45. The van der Waals surface area contributed by atoms with Crippen LogP contribution in [0.5, 0.6) is 0 Å². The number of hydrogen-bond donors (Lipinski definition) is 2. The Bertz CT molecular complexity index is 572. The number of urea groups is 1. The molecule has 6 nitrogen and oxygen atoms in total. The number of ether oxygens (including phenoxy) is 1. The highest BCUT2D eigenvalue weighted by Crippen LogP contribution is 2.20. The molecule has 1 aromatic rings. The van der Waals surface area contributed by atoms with Gasteiger partial charge in [-0.25, -0.2) is 9.18 Å². The van der Waals surface area contributed by atoms with E-state index < -0.39 is 42.2 Å². The number of amides is 3. The van der Waals surface area contributed by atoms with Crippen molar-refractivity contribution in [1.82, 2.24) is 5.32 Å². The molecule has 1 atom stereocenters. The van der Waals surface area contributed by atoms with E-state index in [9.17, 15) is 18.8 Å². The van der Waals surface area contributed by atoms with E-state index >= 15 is 0 Å². The van der Waals surface area contributed by atoms with E-state index in [1.54, 1.807) is 13.8 Å². The summed E-state index contributed by atoms with van der Waals surface area (Å²) in [6.45, 7) is 3.24. The fourth-order valence-electron chi connectivity index (χ4n) is 1.71. The van der Waals surface area contributed by atoms with Gasteiger partial charge in [-0.05, 0) is 18.1 Å². The number of benzene rings is 1. The number of esters is 1. The minimum Gasteiger partial charge on any atom is -0.452 e. The molecule has 0 aliphatic heterocycles. The third-order valence-corrected chi connectivity index (χ3v) is 3.11. The van der Waals surface area contributed by atoms with Gasteiger partial charge in [-0.15, -0.1) is 0 Å². The van der Waals surface area contributed by atoms with Crippen LogP contribution in [0.3, 0.4) is 0 Å². The van der Waals surface area contributed by atoms with Crippen LogP contribution >= 0.6 is 11.6 Å². The summed E-state index contributed by atoms with van der Waals surface area (Å²) < 4.78 is 18.6. The second kappa shape index (κ2) is 7.74. The average Bonchev–Trinajstić information content (AvgIpc) is 2.39. The van der Waals surface area contributed by atoms with E-state index in [1.165, 1.54) is 12.1 Å². The lowest BCUT2D eigenvalue weighted by Gasteiger charge is -2.20. The van der Waals surface area contributed by atoms with Crippen molar-refractivity contribution in [2.75, 3.05) is 0 Å². The number of carbonyl (C=O) groups excluding carboxylic acids is 3. The van der Waals surface area contributed by atoms with Gasteiger partial charge in [0.05, 0.1) is 6.42 Å². The third kappa shape index (κ3) is 5.00. The minimum atomic E-state index is -1.22. The number of primary amides is 1. The molecule has 0 aromatic heterocycles. The van der Waals surface area contributed by atoms with Crippen molar-refractivity contribution < 1.29 is 23.5 Å². The largest absolute Gasteiger partial charge is 0.452 e. The Morgan fingerprint density at radius 2 is 2.00 bits per heavy atom. The summed E-state index contributed by atoms with van der Waals surface area (Å²) in [6, 6.07) is 2.95. The fourth-order valence-corrected chi connectivity index (χ4v) is 1.94. The first-order valence-electron chi connectivity index (χ1n) is 6.45. The van der Waals surface area contributed by atoms with Crippen LogP contribution in [0.4, 0.5) is 9.18 Å². The smallest absolute Gasteiger partial charge is 0.318 e. The van der Waals surface area contributed by atoms with Gasteiger partial charge in [0.1, 0.15) is 5.82 Å². The Hall–Kier alpha value is -2.15. The van der Waals surface area contributed by atoms with Crippen LogP contribution < -0.4 is 11.1 Å². The molecule has 0 unspecified atom stereocenters. The summed E-state index contributed by atoms with van der Waals surface area (Å²) in [5.74, 6) is -2.73. The predicted molar refractivity (Wildman–Crippen MR) is 77.6 cm³/mol. The van der Waals surface area contributed by atoms with Crippen LogP contribution in [0.2, 0.25) is 5.02 Å². The molecule has 120 valence electrons. The minimum absolute atomic E-state index is 0.0213. The van der Waals surface area contributed by atoms with Gasteiger partial charge < -0.3 is 10.5 Å². The van der Waals surface area contributed by atoms with E-state index in [4.69, 9.17) is 22.1 Å². The number of nitrogens with one attached hydrogen (secondary N) is 1. The van der Waals surface area contributed by atoms with Crippen molar-refractivity contribution in [1.29, 1.82) is 0 Å². The van der Waals surface area contributed by atoms with Gasteiger partial charge in [0.25, 0.3) is 5.91 Å². The highest BCUT2D eigenvalue weighted by Gasteiger charge is 2.28. The van der Waals surface area contributed by atoms with Gasteiger partial charge >= 0.3 is 12.0 Å². The van der Waals surface area contributed by atoms with Crippen molar-refractivity contribution in [2.45, 2.75) is 26.4 Å². The fraction of sp³-hybridized carbons (Fsp3) is 0.357. The van der Waals surface area contributed by atoms with Crippen LogP contribution in [0.1, 0.15) is 19.4 Å². The van der Waals surface area contributed by atoms with E-state index in [-0.39, 0.29) is 10.6 Å². The molecule has 1 rings (SSSR count). The molecule has 0 saturated carbocycles. The third-order valence-electron chi connectivity index (χ3n) is 2.75. The zero-order valence-electron chi connectivity index (χ0n) is 12.1. The maximum Gasteiger partial charge on any atom is 0.318 e. The molecule has 0 radical (unpaired) electrons. The molecule has 0 saturated heterocycles. The number of halogens is 2. The van der Waals surface area contributed by atoms with Crippen molar-refractivity contribution in [2.24, 2.45) is 11.7 Å². The summed E-state index contributed by atoms with van der Waals surface area (Å²) in [5.41, 5.74) is 4.83. The van der Waals surface area contributed by atoms with Crippen molar-refractivity contribution in [3.63, 3.8) is 0 Å². The Morgan fingerprint density at radius 3 is 2.50 bits per heavy atom. The van der Waals surface area contributed by atoms with Gasteiger partial charge in [-0.1, -0.05) is 31.5 Å². The van der Waals surface area contributed by atoms with Crippen LogP contribution in [0.15, 0.2) is 18.2 Å². The molecule has 1 aromatic carbocycles. The molecule has 0 aliphatic carbocycles. The zero-order valence-corrected chi connectivity index (χ0v) is 12.8. The van der Waals surface area contributed by atoms with E-state index in [2.05, 4.69) is 0 Å². The van der Waals surface area contributed by atoms with Crippen LogP contribution in [0.25, 0.3) is 0 Å². The summed E-state index contributed by atoms with van der Waals surface area (Å²) in [5, 5.41) is 1.92. The second-order valence-electron chi connectivity index (χ2n) is 4.88. The van der Waals surface area contributed by atoms with Crippen LogP contribution in [-0.2, 0) is 20.7 Å². The summed E-state index contributed by atoms with van der Waals surface area (Å²) in [6.07, 6.45) is -1.65. The molecule has 22 heavy (non-hydrogen) atoms. The van der Waals surface area contributed by atoms with Gasteiger partial charge in [0.15, 0.2) is 6.10 Å². The summed E-state index contributed by atoms with van der Waals surface area (Å²) in [4.78, 5) is 34.3. The number of nitrogens with two attached hydrogens (primary N) is 1. The predicted octanol–water partition coefficient (Wildman–Crippen LogP) is 1.78. The van der Waals surface area contributed by atoms with E-state index in [1.807, 2.05) is 5.32 Å². The summed E-state index contributed by atoms with van der Waals surface area (Å²) in [7, 11) is 0. The molecule has 0 aliphatic rings. The second-order valence-corrected chi connectivity index (χ2v) is 5.29.